The first kappa shape index (κ1) is 14.8. The van der Waals surface area contributed by atoms with Crippen molar-refractivity contribution in [3.63, 3.8) is 0 Å². The smallest absolute Gasteiger partial charge is 0.0496 e. The van der Waals surface area contributed by atoms with Gasteiger partial charge in [-0.05, 0) is 51.6 Å². The molecule has 3 aliphatic rings. The minimum absolute atomic E-state index is 0.235. The predicted molar refractivity (Wildman–Crippen MR) is 81.8 cm³/mol. The molecule has 3 heterocycles. The van der Waals surface area contributed by atoms with Gasteiger partial charge in [-0.1, -0.05) is 6.42 Å². The molecular formula is C16H31N3O. The Morgan fingerprint density at radius 2 is 2.00 bits per heavy atom. The lowest BCUT2D eigenvalue weighted by molar-refractivity contribution is 0.0152. The molecule has 2 N–H and O–H groups in total. The lowest BCUT2D eigenvalue weighted by atomic mass is 9.83. The summed E-state index contributed by atoms with van der Waals surface area (Å²) in [6, 6.07) is 0.700. The third-order valence-corrected chi connectivity index (χ3v) is 6.05. The number of ether oxygens (including phenoxy) is 1. The Bertz CT molecular complexity index is 319. The summed E-state index contributed by atoms with van der Waals surface area (Å²) in [5.41, 5.74) is 6.52. The summed E-state index contributed by atoms with van der Waals surface area (Å²) in [6.45, 7) is 6.45. The highest BCUT2D eigenvalue weighted by atomic mass is 16.5. The zero-order chi connectivity index (χ0) is 14.0. The zero-order valence-electron chi connectivity index (χ0n) is 13.0. The summed E-state index contributed by atoms with van der Waals surface area (Å²) in [7, 11) is 2.32. The quantitative estimate of drug-likeness (QED) is 0.843. The lowest BCUT2D eigenvalue weighted by Gasteiger charge is -2.47. The molecule has 0 aromatic carbocycles. The number of rotatable bonds is 4. The van der Waals surface area contributed by atoms with E-state index >= 15 is 0 Å². The average molecular weight is 281 g/mol. The summed E-state index contributed by atoms with van der Waals surface area (Å²) >= 11 is 0. The van der Waals surface area contributed by atoms with E-state index in [1.54, 1.807) is 0 Å². The molecule has 0 spiro atoms. The highest BCUT2D eigenvalue weighted by Gasteiger charge is 2.49. The van der Waals surface area contributed by atoms with E-state index in [1.165, 1.54) is 58.2 Å². The van der Waals surface area contributed by atoms with Crippen molar-refractivity contribution in [3.8, 4) is 0 Å². The van der Waals surface area contributed by atoms with Crippen molar-refractivity contribution in [2.75, 3.05) is 46.4 Å². The van der Waals surface area contributed by atoms with Gasteiger partial charge >= 0.3 is 0 Å². The fourth-order valence-electron chi connectivity index (χ4n) is 4.71. The molecule has 0 saturated carbocycles. The van der Waals surface area contributed by atoms with Crippen LogP contribution in [0.25, 0.3) is 0 Å². The van der Waals surface area contributed by atoms with Gasteiger partial charge < -0.3 is 10.5 Å². The summed E-state index contributed by atoms with van der Waals surface area (Å²) < 4.78 is 5.49. The molecule has 3 aliphatic heterocycles. The van der Waals surface area contributed by atoms with Gasteiger partial charge in [-0.15, -0.1) is 0 Å². The van der Waals surface area contributed by atoms with Crippen LogP contribution in [-0.2, 0) is 4.74 Å². The summed E-state index contributed by atoms with van der Waals surface area (Å²) in [6.07, 6.45) is 7.80. The number of likely N-dealkylation sites (N-methyl/N-ethyl adjacent to an activating group) is 1. The van der Waals surface area contributed by atoms with Crippen molar-refractivity contribution < 1.29 is 4.74 Å². The molecule has 0 radical (unpaired) electrons. The lowest BCUT2D eigenvalue weighted by Crippen LogP contribution is -2.61. The van der Waals surface area contributed by atoms with Crippen LogP contribution >= 0.6 is 0 Å². The maximum absolute atomic E-state index is 6.29. The molecule has 0 aromatic heterocycles. The molecular weight excluding hydrogens is 250 g/mol. The zero-order valence-corrected chi connectivity index (χ0v) is 13.0. The molecule has 3 saturated heterocycles. The van der Waals surface area contributed by atoms with Crippen LogP contribution in [0.4, 0.5) is 0 Å². The molecule has 3 rings (SSSR count). The van der Waals surface area contributed by atoms with Crippen LogP contribution in [0.2, 0.25) is 0 Å². The number of nitrogens with two attached hydrogens (primary N) is 1. The summed E-state index contributed by atoms with van der Waals surface area (Å²) in [4.78, 5) is 5.33. The van der Waals surface area contributed by atoms with Crippen molar-refractivity contribution in [1.82, 2.24) is 9.80 Å². The van der Waals surface area contributed by atoms with Crippen LogP contribution < -0.4 is 5.73 Å². The molecule has 0 bridgehead atoms. The number of hydrogen-bond acceptors (Lipinski definition) is 4. The number of hydrogen-bond donors (Lipinski definition) is 1. The number of fused-ring (bicyclic) bond motifs is 1. The Kier molecular flexibility index (Phi) is 4.65. The van der Waals surface area contributed by atoms with Crippen molar-refractivity contribution in [2.45, 2.75) is 50.1 Å². The van der Waals surface area contributed by atoms with Crippen LogP contribution in [0.5, 0.6) is 0 Å². The first-order chi connectivity index (χ1) is 9.76. The Morgan fingerprint density at radius 3 is 2.75 bits per heavy atom. The van der Waals surface area contributed by atoms with Crippen LogP contribution in [0, 0.1) is 5.92 Å². The van der Waals surface area contributed by atoms with E-state index in [0.29, 0.717) is 6.04 Å². The normalized spacial score (nSPS) is 36.5. The third-order valence-electron chi connectivity index (χ3n) is 6.05. The monoisotopic (exact) mass is 281 g/mol. The molecule has 116 valence electrons. The molecule has 0 aliphatic carbocycles. The highest BCUT2D eigenvalue weighted by Crippen LogP contribution is 2.38. The molecule has 20 heavy (non-hydrogen) atoms. The third kappa shape index (κ3) is 2.63. The highest BCUT2D eigenvalue weighted by molar-refractivity contribution is 5.08. The first-order valence-electron chi connectivity index (χ1n) is 8.49. The van der Waals surface area contributed by atoms with Gasteiger partial charge in [0, 0.05) is 44.4 Å². The van der Waals surface area contributed by atoms with Crippen molar-refractivity contribution in [3.05, 3.63) is 0 Å². The van der Waals surface area contributed by atoms with E-state index in [2.05, 4.69) is 16.8 Å². The average Bonchev–Trinajstić information content (AvgIpc) is 2.88. The molecule has 4 nitrogen and oxygen atoms in total. The Balaban J connectivity index is 1.67. The van der Waals surface area contributed by atoms with Gasteiger partial charge in [0.15, 0.2) is 0 Å². The van der Waals surface area contributed by atoms with Gasteiger partial charge in [-0.2, -0.15) is 0 Å². The fraction of sp³-hybridized carbons (Fsp3) is 1.00. The first-order valence-corrected chi connectivity index (χ1v) is 8.49. The van der Waals surface area contributed by atoms with Gasteiger partial charge in [-0.25, -0.2) is 0 Å². The van der Waals surface area contributed by atoms with E-state index in [1.807, 2.05) is 0 Å². The standard InChI is InChI=1S/C16H31N3O/c1-18(12-14-5-10-20-11-6-14)16(13-17)7-9-19-8-3-2-4-15(16)19/h14-15H,2-13,17H2,1H3. The van der Waals surface area contributed by atoms with Gasteiger partial charge in [0.05, 0.1) is 0 Å². The second-order valence-electron chi connectivity index (χ2n) is 7.04. The van der Waals surface area contributed by atoms with Crippen molar-refractivity contribution in [2.24, 2.45) is 11.7 Å². The summed E-state index contributed by atoms with van der Waals surface area (Å²) in [5.74, 6) is 0.801. The van der Waals surface area contributed by atoms with Crippen LogP contribution in [-0.4, -0.2) is 67.8 Å². The van der Waals surface area contributed by atoms with Gasteiger partial charge in [0.1, 0.15) is 0 Å². The van der Waals surface area contributed by atoms with E-state index < -0.39 is 0 Å². The van der Waals surface area contributed by atoms with Gasteiger partial charge in [0.25, 0.3) is 0 Å². The predicted octanol–water partition coefficient (Wildman–Crippen LogP) is 1.30. The number of nitrogens with zero attached hydrogens (tertiary/aromatic N) is 2. The van der Waals surface area contributed by atoms with Gasteiger partial charge in [-0.3, -0.25) is 9.80 Å². The fourth-order valence-corrected chi connectivity index (χ4v) is 4.71. The minimum atomic E-state index is 0.235. The SMILES string of the molecule is CN(CC1CCOCC1)C1(CN)CCN2CCCCC21. The Labute approximate surface area is 123 Å². The van der Waals surface area contributed by atoms with E-state index in [0.717, 1.165) is 25.7 Å². The second-order valence-corrected chi connectivity index (χ2v) is 7.04. The molecule has 2 atom stereocenters. The van der Waals surface area contributed by atoms with Crippen LogP contribution in [0.3, 0.4) is 0 Å². The minimum Gasteiger partial charge on any atom is -0.381 e. The molecule has 3 fully saturated rings. The van der Waals surface area contributed by atoms with E-state index in [-0.39, 0.29) is 5.54 Å². The maximum Gasteiger partial charge on any atom is 0.0496 e. The van der Waals surface area contributed by atoms with Crippen LogP contribution in [0.15, 0.2) is 0 Å². The van der Waals surface area contributed by atoms with Crippen molar-refractivity contribution >= 4 is 0 Å². The largest absolute Gasteiger partial charge is 0.381 e. The Morgan fingerprint density at radius 1 is 1.20 bits per heavy atom. The maximum atomic E-state index is 6.29. The number of piperidine rings is 1. The van der Waals surface area contributed by atoms with E-state index in [4.69, 9.17) is 10.5 Å². The topological polar surface area (TPSA) is 41.7 Å². The summed E-state index contributed by atoms with van der Waals surface area (Å²) in [5, 5.41) is 0. The van der Waals surface area contributed by atoms with Crippen molar-refractivity contribution in [1.29, 1.82) is 0 Å². The Hall–Kier alpha value is -0.160. The molecule has 0 amide bonds. The molecule has 4 heteroatoms. The van der Waals surface area contributed by atoms with E-state index in [9.17, 15) is 0 Å². The van der Waals surface area contributed by atoms with Crippen LogP contribution in [0.1, 0.15) is 38.5 Å². The van der Waals surface area contributed by atoms with Gasteiger partial charge in [0.2, 0.25) is 0 Å². The molecule has 0 aromatic rings. The molecule has 2 unspecified atom stereocenters. The second kappa shape index (κ2) is 6.30.